The maximum atomic E-state index is 5.58. The molecule has 5 heteroatoms. The fourth-order valence-corrected chi connectivity index (χ4v) is 3.19. The van der Waals surface area contributed by atoms with E-state index in [-0.39, 0.29) is 5.54 Å². The summed E-state index contributed by atoms with van der Waals surface area (Å²) in [7, 11) is 0. The zero-order chi connectivity index (χ0) is 13.2. The molecule has 1 aromatic rings. The summed E-state index contributed by atoms with van der Waals surface area (Å²) in [6.07, 6.45) is 2.32. The van der Waals surface area contributed by atoms with Gasteiger partial charge in [-0.2, -0.15) is 0 Å². The summed E-state index contributed by atoms with van der Waals surface area (Å²) >= 11 is 1.74. The molecule has 1 aliphatic rings. The molecule has 18 heavy (non-hydrogen) atoms. The van der Waals surface area contributed by atoms with Gasteiger partial charge in [-0.3, -0.25) is 0 Å². The van der Waals surface area contributed by atoms with Crippen molar-refractivity contribution in [3.05, 3.63) is 10.0 Å². The highest BCUT2D eigenvalue weighted by Gasteiger charge is 2.28. The van der Waals surface area contributed by atoms with Gasteiger partial charge in [-0.25, -0.2) is 0 Å². The topological polar surface area (TPSA) is 47.0 Å². The summed E-state index contributed by atoms with van der Waals surface area (Å²) in [6, 6.07) is 0. The fraction of sp³-hybridized carbons (Fsp3) is 0.846. The molecular weight excluding hydrogens is 246 g/mol. The van der Waals surface area contributed by atoms with Gasteiger partial charge in [0.25, 0.3) is 0 Å². The fourth-order valence-electron chi connectivity index (χ4n) is 2.12. The summed E-state index contributed by atoms with van der Waals surface area (Å²) in [6.45, 7) is 10.5. The first-order valence-electron chi connectivity index (χ1n) is 6.64. The number of nitrogens with zero attached hydrogens (tertiary/aromatic N) is 2. The zero-order valence-electron chi connectivity index (χ0n) is 11.7. The van der Waals surface area contributed by atoms with E-state index in [2.05, 4.69) is 43.2 Å². The van der Waals surface area contributed by atoms with Crippen LogP contribution in [0.5, 0.6) is 0 Å². The van der Waals surface area contributed by atoms with Crippen LogP contribution in [0, 0.1) is 0 Å². The Kier molecular flexibility index (Phi) is 4.35. The van der Waals surface area contributed by atoms with Crippen molar-refractivity contribution in [1.29, 1.82) is 0 Å². The first-order chi connectivity index (χ1) is 8.46. The molecule has 2 unspecified atom stereocenters. The Labute approximate surface area is 113 Å². The lowest BCUT2D eigenvalue weighted by Crippen LogP contribution is -2.37. The van der Waals surface area contributed by atoms with Crippen LogP contribution in [0.3, 0.4) is 0 Å². The van der Waals surface area contributed by atoms with Gasteiger partial charge in [-0.05, 0) is 34.1 Å². The summed E-state index contributed by atoms with van der Waals surface area (Å²) < 4.78 is 5.58. The molecule has 1 aromatic heterocycles. The Bertz CT molecular complexity index is 386. The van der Waals surface area contributed by atoms with Crippen LogP contribution < -0.4 is 5.32 Å². The standard InChI is InChI=1S/C13H23N3OS/c1-9-10(6-8-17-9)12-16-15-11(18-12)5-7-14-13(2,3)4/h9-10,14H,5-8H2,1-4H3. The van der Waals surface area contributed by atoms with Crippen LogP contribution in [0.1, 0.15) is 50.0 Å². The van der Waals surface area contributed by atoms with Gasteiger partial charge in [0.2, 0.25) is 0 Å². The van der Waals surface area contributed by atoms with Crippen molar-refractivity contribution < 1.29 is 4.74 Å². The van der Waals surface area contributed by atoms with Gasteiger partial charge in [0, 0.05) is 31.0 Å². The molecule has 2 rings (SSSR count). The number of hydrogen-bond donors (Lipinski definition) is 1. The minimum absolute atomic E-state index is 0.168. The van der Waals surface area contributed by atoms with Gasteiger partial charge in [0.1, 0.15) is 10.0 Å². The molecule has 0 spiro atoms. The van der Waals surface area contributed by atoms with Crippen molar-refractivity contribution in [2.24, 2.45) is 0 Å². The van der Waals surface area contributed by atoms with Crippen LogP contribution >= 0.6 is 11.3 Å². The molecule has 0 aliphatic carbocycles. The third kappa shape index (κ3) is 3.73. The molecule has 0 bridgehead atoms. The highest BCUT2D eigenvalue weighted by Crippen LogP contribution is 2.32. The third-order valence-corrected chi connectivity index (χ3v) is 4.29. The second kappa shape index (κ2) is 5.63. The second-order valence-electron chi connectivity index (χ2n) is 5.93. The number of ether oxygens (including phenoxy) is 1. The van der Waals surface area contributed by atoms with E-state index in [0.717, 1.165) is 36.0 Å². The molecule has 0 radical (unpaired) electrons. The lowest BCUT2D eigenvalue weighted by molar-refractivity contribution is 0.118. The molecule has 102 valence electrons. The largest absolute Gasteiger partial charge is 0.378 e. The maximum Gasteiger partial charge on any atom is 0.123 e. The molecule has 0 amide bonds. The van der Waals surface area contributed by atoms with E-state index >= 15 is 0 Å². The van der Waals surface area contributed by atoms with Gasteiger partial charge in [0.15, 0.2) is 0 Å². The first kappa shape index (κ1) is 13.9. The van der Waals surface area contributed by atoms with Crippen LogP contribution in [0.25, 0.3) is 0 Å². The van der Waals surface area contributed by atoms with Crippen LogP contribution in [0.2, 0.25) is 0 Å². The monoisotopic (exact) mass is 269 g/mol. The SMILES string of the molecule is CC1OCCC1c1nnc(CCNC(C)(C)C)s1. The average Bonchev–Trinajstić information content (AvgIpc) is 2.84. The number of nitrogens with one attached hydrogen (secondary N) is 1. The van der Waals surface area contributed by atoms with Gasteiger partial charge in [0.05, 0.1) is 6.10 Å². The van der Waals surface area contributed by atoms with Crippen molar-refractivity contribution in [2.75, 3.05) is 13.2 Å². The predicted octanol–water partition coefficient (Wildman–Crippen LogP) is 2.36. The van der Waals surface area contributed by atoms with E-state index in [4.69, 9.17) is 4.74 Å². The lowest BCUT2D eigenvalue weighted by atomic mass is 10.0. The van der Waals surface area contributed by atoms with Crippen molar-refractivity contribution >= 4 is 11.3 Å². The van der Waals surface area contributed by atoms with Crippen molar-refractivity contribution in [3.8, 4) is 0 Å². The molecule has 1 aliphatic heterocycles. The van der Waals surface area contributed by atoms with E-state index in [1.807, 2.05) is 0 Å². The van der Waals surface area contributed by atoms with Gasteiger partial charge < -0.3 is 10.1 Å². The molecule has 1 saturated heterocycles. The summed E-state index contributed by atoms with van der Waals surface area (Å²) in [4.78, 5) is 0. The van der Waals surface area contributed by atoms with Crippen molar-refractivity contribution in [1.82, 2.24) is 15.5 Å². The Balaban J connectivity index is 1.86. The van der Waals surface area contributed by atoms with E-state index in [1.54, 1.807) is 11.3 Å². The van der Waals surface area contributed by atoms with E-state index in [1.165, 1.54) is 0 Å². The van der Waals surface area contributed by atoms with Crippen LogP contribution in [0.15, 0.2) is 0 Å². The smallest absolute Gasteiger partial charge is 0.123 e. The number of aromatic nitrogens is 2. The number of rotatable bonds is 4. The minimum Gasteiger partial charge on any atom is -0.378 e. The first-order valence-corrected chi connectivity index (χ1v) is 7.46. The number of hydrogen-bond acceptors (Lipinski definition) is 5. The lowest BCUT2D eigenvalue weighted by Gasteiger charge is -2.19. The molecule has 0 saturated carbocycles. The van der Waals surface area contributed by atoms with Gasteiger partial charge in [-0.1, -0.05) is 0 Å². The predicted molar refractivity (Wildman–Crippen MR) is 74.1 cm³/mol. The van der Waals surface area contributed by atoms with Gasteiger partial charge in [-0.15, -0.1) is 21.5 Å². The maximum absolute atomic E-state index is 5.58. The second-order valence-corrected chi connectivity index (χ2v) is 7.03. The Morgan fingerprint density at radius 3 is 2.78 bits per heavy atom. The van der Waals surface area contributed by atoms with Crippen molar-refractivity contribution in [2.45, 2.75) is 58.1 Å². The quantitative estimate of drug-likeness (QED) is 0.911. The highest BCUT2D eigenvalue weighted by atomic mass is 32.1. The molecule has 2 atom stereocenters. The molecule has 0 aromatic carbocycles. The summed E-state index contributed by atoms with van der Waals surface area (Å²) in [5, 5.41) is 14.4. The Morgan fingerprint density at radius 2 is 2.17 bits per heavy atom. The average molecular weight is 269 g/mol. The van der Waals surface area contributed by atoms with E-state index in [9.17, 15) is 0 Å². The molecule has 2 heterocycles. The van der Waals surface area contributed by atoms with Gasteiger partial charge >= 0.3 is 0 Å². The normalized spacial score (nSPS) is 24.7. The molecule has 1 fully saturated rings. The Morgan fingerprint density at radius 1 is 1.39 bits per heavy atom. The molecule has 1 N–H and O–H groups in total. The summed E-state index contributed by atoms with van der Waals surface area (Å²) in [5.41, 5.74) is 0.168. The molecule has 4 nitrogen and oxygen atoms in total. The Hall–Kier alpha value is -0.520. The van der Waals surface area contributed by atoms with Crippen LogP contribution in [0.4, 0.5) is 0 Å². The third-order valence-electron chi connectivity index (χ3n) is 3.17. The minimum atomic E-state index is 0.168. The summed E-state index contributed by atoms with van der Waals surface area (Å²) in [5.74, 6) is 0.451. The zero-order valence-corrected chi connectivity index (χ0v) is 12.5. The van der Waals surface area contributed by atoms with E-state index < -0.39 is 0 Å². The highest BCUT2D eigenvalue weighted by molar-refractivity contribution is 7.11. The van der Waals surface area contributed by atoms with Crippen LogP contribution in [-0.4, -0.2) is 35.0 Å². The van der Waals surface area contributed by atoms with Crippen LogP contribution in [-0.2, 0) is 11.2 Å². The van der Waals surface area contributed by atoms with Crippen molar-refractivity contribution in [3.63, 3.8) is 0 Å². The molecular formula is C13H23N3OS. The van der Waals surface area contributed by atoms with E-state index in [0.29, 0.717) is 12.0 Å².